The zero-order valence-electron chi connectivity index (χ0n) is 11.1. The minimum atomic E-state index is -0.580. The number of nitrogens with zero attached hydrogens (tertiary/aromatic N) is 1. The highest BCUT2D eigenvalue weighted by molar-refractivity contribution is 6.30. The Bertz CT molecular complexity index is 731. The Morgan fingerprint density at radius 1 is 1.29 bits per heavy atom. The lowest BCUT2D eigenvalue weighted by atomic mass is 10.1. The quantitative estimate of drug-likeness (QED) is 0.516. The number of rotatable bonds is 3. The summed E-state index contributed by atoms with van der Waals surface area (Å²) < 4.78 is 0. The van der Waals surface area contributed by atoms with Crippen LogP contribution >= 0.6 is 11.6 Å². The number of carbonyl (C=O) groups excluding carboxylic acids is 1. The number of halogens is 1. The summed E-state index contributed by atoms with van der Waals surface area (Å²) in [6, 6.07) is 8.73. The van der Waals surface area contributed by atoms with Crippen molar-refractivity contribution in [1.82, 2.24) is 0 Å². The molecule has 3 N–H and O–H groups in total. The van der Waals surface area contributed by atoms with Crippen molar-refractivity contribution in [2.24, 2.45) is 0 Å². The van der Waals surface area contributed by atoms with Gasteiger partial charge in [-0.1, -0.05) is 11.6 Å². The van der Waals surface area contributed by atoms with Crippen molar-refractivity contribution in [1.29, 1.82) is 0 Å². The van der Waals surface area contributed by atoms with Crippen LogP contribution in [0.3, 0.4) is 0 Å². The molecule has 1 amide bonds. The van der Waals surface area contributed by atoms with E-state index in [1.807, 2.05) is 0 Å². The van der Waals surface area contributed by atoms with Crippen LogP contribution in [0.2, 0.25) is 5.02 Å². The first-order valence-electron chi connectivity index (χ1n) is 6.00. The van der Waals surface area contributed by atoms with Gasteiger partial charge in [-0.2, -0.15) is 0 Å². The molecule has 0 atom stereocenters. The number of nitrogens with one attached hydrogen (secondary N) is 1. The molecule has 0 aromatic heterocycles. The molecule has 0 aliphatic heterocycles. The number of aryl methyl sites for hydroxylation is 1. The Labute approximate surface area is 125 Å². The average Bonchev–Trinajstić information content (AvgIpc) is 2.42. The van der Waals surface area contributed by atoms with Crippen LogP contribution in [0.25, 0.3) is 0 Å². The first-order chi connectivity index (χ1) is 9.88. The van der Waals surface area contributed by atoms with Crippen molar-refractivity contribution in [3.63, 3.8) is 0 Å². The van der Waals surface area contributed by atoms with E-state index < -0.39 is 10.8 Å². The highest BCUT2D eigenvalue weighted by atomic mass is 35.5. The van der Waals surface area contributed by atoms with E-state index in [9.17, 15) is 14.9 Å². The molecule has 6 nitrogen and oxygen atoms in total. The summed E-state index contributed by atoms with van der Waals surface area (Å²) in [5.74, 6) is -0.512. The van der Waals surface area contributed by atoms with Crippen molar-refractivity contribution >= 4 is 34.6 Å². The van der Waals surface area contributed by atoms with E-state index in [1.54, 1.807) is 25.1 Å². The number of nitrogen functional groups attached to an aromatic ring is 1. The van der Waals surface area contributed by atoms with Gasteiger partial charge in [-0.3, -0.25) is 14.9 Å². The SMILES string of the molecule is Cc1cc(Cl)ccc1NC(=O)c1cc([N+](=O)[O-])ccc1N. The van der Waals surface area contributed by atoms with Crippen LogP contribution in [0.1, 0.15) is 15.9 Å². The fourth-order valence-corrected chi connectivity index (χ4v) is 2.04. The molecule has 0 saturated carbocycles. The lowest BCUT2D eigenvalue weighted by Crippen LogP contribution is -2.15. The van der Waals surface area contributed by atoms with E-state index >= 15 is 0 Å². The molecule has 0 saturated heterocycles. The summed E-state index contributed by atoms with van der Waals surface area (Å²) in [6.45, 7) is 1.79. The third-order valence-corrected chi connectivity index (χ3v) is 3.16. The molecule has 2 rings (SSSR count). The summed E-state index contributed by atoms with van der Waals surface area (Å²) in [6.07, 6.45) is 0. The summed E-state index contributed by atoms with van der Waals surface area (Å²) in [7, 11) is 0. The Hall–Kier alpha value is -2.60. The number of nitrogens with two attached hydrogens (primary N) is 1. The highest BCUT2D eigenvalue weighted by Gasteiger charge is 2.16. The smallest absolute Gasteiger partial charge is 0.270 e. The molecule has 2 aromatic carbocycles. The topological polar surface area (TPSA) is 98.3 Å². The molecule has 0 aliphatic rings. The van der Waals surface area contributed by atoms with Crippen molar-refractivity contribution in [3.05, 3.63) is 62.7 Å². The molecule has 2 aromatic rings. The summed E-state index contributed by atoms with van der Waals surface area (Å²) in [5, 5.41) is 14.0. The van der Waals surface area contributed by atoms with Crippen LogP contribution in [-0.2, 0) is 0 Å². The van der Waals surface area contributed by atoms with Crippen LogP contribution in [0, 0.1) is 17.0 Å². The van der Waals surface area contributed by atoms with Gasteiger partial charge in [0, 0.05) is 28.5 Å². The van der Waals surface area contributed by atoms with E-state index in [-0.39, 0.29) is 16.9 Å². The zero-order valence-corrected chi connectivity index (χ0v) is 11.8. The normalized spacial score (nSPS) is 10.2. The first-order valence-corrected chi connectivity index (χ1v) is 6.37. The summed E-state index contributed by atoms with van der Waals surface area (Å²) in [5.41, 5.74) is 7.08. The Balaban J connectivity index is 2.32. The maximum Gasteiger partial charge on any atom is 0.270 e. The van der Waals surface area contributed by atoms with Crippen LogP contribution in [0.15, 0.2) is 36.4 Å². The molecule has 0 bridgehead atoms. The second-order valence-corrected chi connectivity index (χ2v) is 4.88. The van der Waals surface area contributed by atoms with Gasteiger partial charge in [0.2, 0.25) is 0 Å². The number of anilines is 2. The minimum absolute atomic E-state index is 0.0542. The fourth-order valence-electron chi connectivity index (χ4n) is 1.81. The Kier molecular flexibility index (Phi) is 4.09. The minimum Gasteiger partial charge on any atom is -0.398 e. The van der Waals surface area contributed by atoms with Gasteiger partial charge in [0.15, 0.2) is 0 Å². The van der Waals surface area contributed by atoms with Crippen LogP contribution in [0.4, 0.5) is 17.1 Å². The number of nitro groups is 1. The molecule has 0 spiro atoms. The lowest BCUT2D eigenvalue weighted by Gasteiger charge is -2.10. The number of amides is 1. The van der Waals surface area contributed by atoms with Crippen LogP contribution < -0.4 is 11.1 Å². The van der Waals surface area contributed by atoms with Gasteiger partial charge in [0.05, 0.1) is 10.5 Å². The number of carbonyl (C=O) groups is 1. The summed E-state index contributed by atoms with van der Waals surface area (Å²) >= 11 is 5.84. The zero-order chi connectivity index (χ0) is 15.6. The molecule has 0 heterocycles. The standard InChI is InChI=1S/C14H12ClN3O3/c1-8-6-9(15)2-5-13(8)17-14(19)11-7-10(18(20)21)3-4-12(11)16/h2-7H,16H2,1H3,(H,17,19). The molecular formula is C14H12ClN3O3. The number of non-ortho nitro benzene ring substituents is 1. The van der Waals surface area contributed by atoms with Crippen LogP contribution in [-0.4, -0.2) is 10.8 Å². The van der Waals surface area contributed by atoms with E-state index in [0.717, 1.165) is 11.6 Å². The molecule has 21 heavy (non-hydrogen) atoms. The van der Waals surface area contributed by atoms with Gasteiger partial charge in [0.1, 0.15) is 0 Å². The van der Waals surface area contributed by atoms with E-state index in [4.69, 9.17) is 17.3 Å². The molecule has 0 unspecified atom stereocenters. The maximum atomic E-state index is 12.2. The Morgan fingerprint density at radius 3 is 2.62 bits per heavy atom. The molecule has 7 heteroatoms. The number of benzene rings is 2. The van der Waals surface area contributed by atoms with Gasteiger partial charge in [-0.15, -0.1) is 0 Å². The number of hydrogen-bond acceptors (Lipinski definition) is 4. The monoisotopic (exact) mass is 305 g/mol. The van der Waals surface area contributed by atoms with Gasteiger partial charge < -0.3 is 11.1 Å². The maximum absolute atomic E-state index is 12.2. The predicted molar refractivity (Wildman–Crippen MR) is 81.7 cm³/mol. The fraction of sp³-hybridized carbons (Fsp3) is 0.0714. The third kappa shape index (κ3) is 3.29. The summed E-state index contributed by atoms with van der Waals surface area (Å²) in [4.78, 5) is 22.4. The predicted octanol–water partition coefficient (Wildman–Crippen LogP) is 3.39. The van der Waals surface area contributed by atoms with Gasteiger partial charge in [-0.05, 0) is 36.8 Å². The molecule has 108 valence electrons. The molecule has 0 aliphatic carbocycles. The van der Waals surface area contributed by atoms with Gasteiger partial charge in [0.25, 0.3) is 11.6 Å². The van der Waals surface area contributed by atoms with Gasteiger partial charge in [-0.25, -0.2) is 0 Å². The Morgan fingerprint density at radius 2 is 2.00 bits per heavy atom. The second kappa shape index (κ2) is 5.80. The molecule has 0 radical (unpaired) electrons. The van der Waals surface area contributed by atoms with Crippen molar-refractivity contribution in [3.8, 4) is 0 Å². The first kappa shape index (κ1) is 14.8. The van der Waals surface area contributed by atoms with E-state index in [0.29, 0.717) is 10.7 Å². The largest absolute Gasteiger partial charge is 0.398 e. The number of hydrogen-bond donors (Lipinski definition) is 2. The third-order valence-electron chi connectivity index (χ3n) is 2.93. The van der Waals surface area contributed by atoms with Crippen LogP contribution in [0.5, 0.6) is 0 Å². The van der Waals surface area contributed by atoms with E-state index in [1.165, 1.54) is 12.1 Å². The number of nitro benzene ring substituents is 1. The molecular weight excluding hydrogens is 294 g/mol. The molecule has 0 fully saturated rings. The van der Waals surface area contributed by atoms with Crippen molar-refractivity contribution in [2.75, 3.05) is 11.1 Å². The van der Waals surface area contributed by atoms with Gasteiger partial charge >= 0.3 is 0 Å². The van der Waals surface area contributed by atoms with Crippen molar-refractivity contribution < 1.29 is 9.72 Å². The lowest BCUT2D eigenvalue weighted by molar-refractivity contribution is -0.384. The second-order valence-electron chi connectivity index (χ2n) is 4.44. The van der Waals surface area contributed by atoms with E-state index in [2.05, 4.69) is 5.32 Å². The average molecular weight is 306 g/mol. The highest BCUT2D eigenvalue weighted by Crippen LogP contribution is 2.23. The van der Waals surface area contributed by atoms with Crippen molar-refractivity contribution in [2.45, 2.75) is 6.92 Å².